The molecule has 1 unspecified atom stereocenters. The summed E-state index contributed by atoms with van der Waals surface area (Å²) < 4.78 is 5.84. The van der Waals surface area contributed by atoms with Crippen molar-refractivity contribution in [2.24, 2.45) is 0 Å². The SMILES string of the molecule is O=C(O)C(Cc1ccccc1)Nc1ncnc(-c2ccc(OCc3ccccc3)cc2)c1CO. The van der Waals surface area contributed by atoms with Crippen molar-refractivity contribution in [2.75, 3.05) is 5.32 Å². The van der Waals surface area contributed by atoms with Crippen molar-refractivity contribution in [1.82, 2.24) is 9.97 Å². The number of anilines is 1. The molecule has 1 aromatic heterocycles. The summed E-state index contributed by atoms with van der Waals surface area (Å²) in [6.45, 7) is 0.115. The number of carboxylic acid groups (broad SMARTS) is 1. The molecule has 0 aliphatic heterocycles. The van der Waals surface area contributed by atoms with Crippen molar-refractivity contribution in [1.29, 1.82) is 0 Å². The van der Waals surface area contributed by atoms with Crippen LogP contribution in [0.25, 0.3) is 11.3 Å². The first kappa shape index (κ1) is 22.9. The first-order valence-electron chi connectivity index (χ1n) is 10.9. The summed E-state index contributed by atoms with van der Waals surface area (Å²) in [7, 11) is 0. The zero-order valence-corrected chi connectivity index (χ0v) is 18.5. The minimum absolute atomic E-state index is 0.272. The van der Waals surface area contributed by atoms with E-state index >= 15 is 0 Å². The first-order valence-corrected chi connectivity index (χ1v) is 10.9. The highest BCUT2D eigenvalue weighted by Crippen LogP contribution is 2.28. The number of rotatable bonds is 10. The van der Waals surface area contributed by atoms with Gasteiger partial charge in [-0.2, -0.15) is 0 Å². The molecule has 3 N–H and O–H groups in total. The Balaban J connectivity index is 1.52. The van der Waals surface area contributed by atoms with Gasteiger partial charge in [-0.25, -0.2) is 14.8 Å². The normalized spacial score (nSPS) is 11.6. The first-order chi connectivity index (χ1) is 16.6. The van der Waals surface area contributed by atoms with Gasteiger partial charge in [0.2, 0.25) is 0 Å². The molecule has 0 saturated heterocycles. The van der Waals surface area contributed by atoms with E-state index in [1.54, 1.807) is 0 Å². The maximum Gasteiger partial charge on any atom is 0.326 e. The smallest absolute Gasteiger partial charge is 0.326 e. The molecule has 1 atom stereocenters. The van der Waals surface area contributed by atoms with E-state index in [2.05, 4.69) is 15.3 Å². The second kappa shape index (κ2) is 11.1. The Bertz CT molecular complexity index is 1220. The van der Waals surface area contributed by atoms with Crippen LogP contribution in [-0.4, -0.2) is 32.2 Å². The van der Waals surface area contributed by atoms with Gasteiger partial charge in [0.25, 0.3) is 0 Å². The molecule has 4 aromatic rings. The second-order valence-electron chi connectivity index (χ2n) is 7.73. The molecule has 0 amide bonds. The summed E-state index contributed by atoms with van der Waals surface area (Å²) in [5.41, 5.74) is 3.67. The highest BCUT2D eigenvalue weighted by Gasteiger charge is 2.21. The van der Waals surface area contributed by atoms with E-state index in [9.17, 15) is 15.0 Å². The van der Waals surface area contributed by atoms with Crippen LogP contribution in [0.15, 0.2) is 91.3 Å². The zero-order chi connectivity index (χ0) is 23.8. The molecule has 0 spiro atoms. The third-order valence-electron chi connectivity index (χ3n) is 5.37. The van der Waals surface area contributed by atoms with Crippen LogP contribution in [-0.2, 0) is 24.4 Å². The minimum Gasteiger partial charge on any atom is -0.489 e. The number of aromatic nitrogens is 2. The number of hydrogen-bond acceptors (Lipinski definition) is 6. The highest BCUT2D eigenvalue weighted by molar-refractivity contribution is 5.78. The Labute approximate surface area is 197 Å². The number of nitrogens with one attached hydrogen (secondary N) is 1. The van der Waals surface area contributed by atoms with Crippen molar-refractivity contribution < 1.29 is 19.7 Å². The molecule has 34 heavy (non-hydrogen) atoms. The van der Waals surface area contributed by atoms with Gasteiger partial charge < -0.3 is 20.3 Å². The molecule has 7 heteroatoms. The Morgan fingerprint density at radius 2 is 1.53 bits per heavy atom. The highest BCUT2D eigenvalue weighted by atomic mass is 16.5. The van der Waals surface area contributed by atoms with E-state index in [4.69, 9.17) is 4.74 Å². The van der Waals surface area contributed by atoms with Crippen LogP contribution in [0, 0.1) is 0 Å². The average molecular weight is 456 g/mol. The van der Waals surface area contributed by atoms with Crippen LogP contribution in [0.1, 0.15) is 16.7 Å². The van der Waals surface area contributed by atoms with E-state index < -0.39 is 12.0 Å². The van der Waals surface area contributed by atoms with Crippen LogP contribution in [0.2, 0.25) is 0 Å². The average Bonchev–Trinajstić information content (AvgIpc) is 2.88. The van der Waals surface area contributed by atoms with Crippen molar-refractivity contribution >= 4 is 11.8 Å². The number of nitrogens with zero attached hydrogens (tertiary/aromatic N) is 2. The third-order valence-corrected chi connectivity index (χ3v) is 5.37. The topological polar surface area (TPSA) is 105 Å². The van der Waals surface area contributed by atoms with Crippen LogP contribution in [0.5, 0.6) is 5.75 Å². The van der Waals surface area contributed by atoms with Crippen molar-refractivity contribution in [3.63, 3.8) is 0 Å². The summed E-state index contributed by atoms with van der Waals surface area (Å²) in [4.78, 5) is 20.4. The molecule has 0 bridgehead atoms. The third kappa shape index (κ3) is 5.76. The number of hydrogen-bond donors (Lipinski definition) is 3. The predicted molar refractivity (Wildman–Crippen MR) is 129 cm³/mol. The fourth-order valence-electron chi connectivity index (χ4n) is 3.60. The molecule has 3 aromatic carbocycles. The number of aliphatic hydroxyl groups is 1. The van der Waals surface area contributed by atoms with E-state index in [0.29, 0.717) is 29.4 Å². The number of aliphatic hydroxyl groups excluding tert-OH is 1. The lowest BCUT2D eigenvalue weighted by Crippen LogP contribution is -2.32. The Morgan fingerprint density at radius 3 is 2.15 bits per heavy atom. The van der Waals surface area contributed by atoms with E-state index in [1.807, 2.05) is 84.9 Å². The van der Waals surface area contributed by atoms with Gasteiger partial charge in [0, 0.05) is 17.5 Å². The fourth-order valence-corrected chi connectivity index (χ4v) is 3.60. The number of aliphatic carboxylic acids is 1. The quantitative estimate of drug-likeness (QED) is 0.327. The number of carbonyl (C=O) groups is 1. The molecular weight excluding hydrogens is 430 g/mol. The predicted octanol–water partition coefficient (Wildman–Crippen LogP) is 4.32. The fraction of sp³-hybridized carbons (Fsp3) is 0.148. The van der Waals surface area contributed by atoms with E-state index in [0.717, 1.165) is 16.7 Å². The molecule has 0 radical (unpaired) electrons. The summed E-state index contributed by atoms with van der Waals surface area (Å²) in [6, 6.07) is 25.7. The van der Waals surface area contributed by atoms with E-state index in [-0.39, 0.29) is 13.0 Å². The van der Waals surface area contributed by atoms with Crippen LogP contribution in [0.4, 0.5) is 5.82 Å². The molecule has 4 rings (SSSR count). The maximum atomic E-state index is 11.9. The lowest BCUT2D eigenvalue weighted by Gasteiger charge is -2.18. The molecular formula is C27H25N3O4. The van der Waals surface area contributed by atoms with Crippen molar-refractivity contribution in [3.05, 3.63) is 108 Å². The maximum absolute atomic E-state index is 11.9. The van der Waals surface area contributed by atoms with Crippen molar-refractivity contribution in [2.45, 2.75) is 25.7 Å². The van der Waals surface area contributed by atoms with Crippen LogP contribution < -0.4 is 10.1 Å². The largest absolute Gasteiger partial charge is 0.489 e. The summed E-state index contributed by atoms with van der Waals surface area (Å²) in [6.07, 6.45) is 1.63. The van der Waals surface area contributed by atoms with Gasteiger partial charge >= 0.3 is 5.97 Å². The molecule has 7 nitrogen and oxygen atoms in total. The summed E-state index contributed by atoms with van der Waals surface area (Å²) in [5, 5.41) is 22.8. The summed E-state index contributed by atoms with van der Waals surface area (Å²) >= 11 is 0. The Hall–Kier alpha value is -4.23. The molecule has 0 fully saturated rings. The van der Waals surface area contributed by atoms with Gasteiger partial charge in [0.05, 0.1) is 12.3 Å². The second-order valence-corrected chi connectivity index (χ2v) is 7.73. The van der Waals surface area contributed by atoms with Gasteiger partial charge in [-0.15, -0.1) is 0 Å². The standard InChI is InChI=1S/C27H25N3O4/c31-16-23-25(21-11-13-22(14-12-21)34-17-20-9-5-2-6-10-20)28-18-29-26(23)30-24(27(32)33)15-19-7-3-1-4-8-19/h1-14,18,24,31H,15-17H2,(H,32,33)(H,28,29,30). The lowest BCUT2D eigenvalue weighted by atomic mass is 10.0. The van der Waals surface area contributed by atoms with Crippen molar-refractivity contribution in [3.8, 4) is 17.0 Å². The molecule has 172 valence electrons. The van der Waals surface area contributed by atoms with Gasteiger partial charge in [0.1, 0.15) is 30.5 Å². The summed E-state index contributed by atoms with van der Waals surface area (Å²) in [5.74, 6) is -0.00702. The molecule has 1 heterocycles. The van der Waals surface area contributed by atoms with Crippen LogP contribution >= 0.6 is 0 Å². The molecule has 0 aliphatic rings. The number of carboxylic acids is 1. The van der Waals surface area contributed by atoms with Gasteiger partial charge in [-0.1, -0.05) is 60.7 Å². The number of ether oxygens (including phenoxy) is 1. The number of benzene rings is 3. The van der Waals surface area contributed by atoms with Gasteiger partial charge in [-0.05, 0) is 35.4 Å². The Morgan fingerprint density at radius 1 is 0.882 bits per heavy atom. The Kier molecular flexibility index (Phi) is 7.47. The van der Waals surface area contributed by atoms with Crippen LogP contribution in [0.3, 0.4) is 0 Å². The molecule has 0 saturated carbocycles. The van der Waals surface area contributed by atoms with Gasteiger partial charge in [-0.3, -0.25) is 0 Å². The minimum atomic E-state index is -1.01. The lowest BCUT2D eigenvalue weighted by molar-refractivity contribution is -0.137. The van der Waals surface area contributed by atoms with E-state index in [1.165, 1.54) is 6.33 Å². The molecule has 0 aliphatic carbocycles. The zero-order valence-electron chi connectivity index (χ0n) is 18.5. The van der Waals surface area contributed by atoms with Gasteiger partial charge in [0.15, 0.2) is 0 Å². The monoisotopic (exact) mass is 455 g/mol.